The van der Waals surface area contributed by atoms with Gasteiger partial charge in [-0.05, 0) is 60.4 Å². The van der Waals surface area contributed by atoms with Gasteiger partial charge in [-0.1, -0.05) is 13.8 Å². The van der Waals surface area contributed by atoms with Crippen LogP contribution in [-0.2, 0) is 10.1 Å². The Morgan fingerprint density at radius 1 is 1.04 bits per heavy atom. The Morgan fingerprint density at radius 2 is 1.61 bits per heavy atom. The molecule has 122 valence electrons. The quantitative estimate of drug-likeness (QED) is 0.492. The molecular formula is C16H19N3O3S. The molecule has 2 aromatic rings. The standard InChI is InChI=1S/C16H19N3O3S/c1-10(2)15-9-13(8-11(3)16(15)17)19-18-12-4-6-14(7-5-12)23(20,21)22/h4-10H,17H2,1-3H3,(H,20,21,22). The zero-order valence-electron chi connectivity index (χ0n) is 13.2. The Bertz CT molecular complexity index is 842. The summed E-state index contributed by atoms with van der Waals surface area (Å²) < 4.78 is 30.9. The average Bonchev–Trinajstić information content (AvgIpc) is 2.47. The van der Waals surface area contributed by atoms with E-state index in [0.29, 0.717) is 11.4 Å². The fourth-order valence-corrected chi connectivity index (χ4v) is 2.62. The van der Waals surface area contributed by atoms with Crippen molar-refractivity contribution in [1.29, 1.82) is 0 Å². The number of hydrogen-bond acceptors (Lipinski definition) is 5. The summed E-state index contributed by atoms with van der Waals surface area (Å²) >= 11 is 0. The highest BCUT2D eigenvalue weighted by Crippen LogP contribution is 2.31. The molecule has 0 radical (unpaired) electrons. The Balaban J connectivity index is 2.30. The third-order valence-corrected chi connectivity index (χ3v) is 4.31. The second-order valence-electron chi connectivity index (χ2n) is 5.59. The number of anilines is 1. The fraction of sp³-hybridized carbons (Fsp3) is 0.250. The minimum atomic E-state index is -4.20. The van der Waals surface area contributed by atoms with Crippen LogP contribution in [0.3, 0.4) is 0 Å². The third kappa shape index (κ3) is 4.14. The van der Waals surface area contributed by atoms with Crippen LogP contribution in [0.5, 0.6) is 0 Å². The van der Waals surface area contributed by atoms with E-state index < -0.39 is 10.1 Å². The number of hydrogen-bond donors (Lipinski definition) is 2. The highest BCUT2D eigenvalue weighted by molar-refractivity contribution is 7.85. The first kappa shape index (κ1) is 17.1. The van der Waals surface area contributed by atoms with E-state index in [1.165, 1.54) is 24.3 Å². The van der Waals surface area contributed by atoms with E-state index in [2.05, 4.69) is 24.1 Å². The molecule has 7 heteroatoms. The molecule has 0 saturated carbocycles. The molecule has 3 N–H and O–H groups in total. The maximum Gasteiger partial charge on any atom is 0.294 e. The molecule has 0 aliphatic rings. The van der Waals surface area contributed by atoms with Gasteiger partial charge in [-0.15, -0.1) is 0 Å². The summed E-state index contributed by atoms with van der Waals surface area (Å²) in [6.07, 6.45) is 0. The summed E-state index contributed by atoms with van der Waals surface area (Å²) in [5.41, 5.74) is 9.94. The van der Waals surface area contributed by atoms with Gasteiger partial charge >= 0.3 is 0 Å². The Labute approximate surface area is 135 Å². The summed E-state index contributed by atoms with van der Waals surface area (Å²) in [7, 11) is -4.20. The second-order valence-corrected chi connectivity index (χ2v) is 7.01. The average molecular weight is 333 g/mol. The molecule has 0 unspecified atom stereocenters. The first-order valence-electron chi connectivity index (χ1n) is 7.08. The molecule has 0 fully saturated rings. The van der Waals surface area contributed by atoms with E-state index in [-0.39, 0.29) is 10.8 Å². The van der Waals surface area contributed by atoms with Crippen molar-refractivity contribution >= 4 is 27.2 Å². The van der Waals surface area contributed by atoms with Crippen molar-refractivity contribution in [3.05, 3.63) is 47.5 Å². The minimum absolute atomic E-state index is 0.179. The van der Waals surface area contributed by atoms with Gasteiger partial charge < -0.3 is 5.73 Å². The van der Waals surface area contributed by atoms with Gasteiger partial charge in [0, 0.05) is 5.69 Å². The van der Waals surface area contributed by atoms with Crippen LogP contribution in [-0.4, -0.2) is 13.0 Å². The molecule has 0 spiro atoms. The SMILES string of the molecule is Cc1cc(N=Nc2ccc(S(=O)(=O)O)cc2)cc(C(C)C)c1N. The predicted octanol–water partition coefficient (Wildman–Crippen LogP) is 4.36. The zero-order chi connectivity index (χ0) is 17.2. The highest BCUT2D eigenvalue weighted by Gasteiger charge is 2.09. The summed E-state index contributed by atoms with van der Waals surface area (Å²) in [5, 5.41) is 8.25. The number of nitrogens with zero attached hydrogens (tertiary/aromatic N) is 2. The normalized spacial score (nSPS) is 12.2. The summed E-state index contributed by atoms with van der Waals surface area (Å²) in [6.45, 7) is 6.03. The van der Waals surface area contributed by atoms with Crippen LogP contribution in [0.1, 0.15) is 30.9 Å². The van der Waals surface area contributed by atoms with Gasteiger partial charge in [0.25, 0.3) is 10.1 Å². The van der Waals surface area contributed by atoms with Gasteiger partial charge in [0.1, 0.15) is 0 Å². The summed E-state index contributed by atoms with van der Waals surface area (Å²) in [6, 6.07) is 9.23. The van der Waals surface area contributed by atoms with E-state index in [0.717, 1.165) is 16.8 Å². The maximum atomic E-state index is 11.0. The zero-order valence-corrected chi connectivity index (χ0v) is 14.0. The summed E-state index contributed by atoms with van der Waals surface area (Å²) in [5.74, 6) is 0.276. The molecule has 0 aromatic heterocycles. The van der Waals surface area contributed by atoms with E-state index in [4.69, 9.17) is 10.3 Å². The molecule has 0 bridgehead atoms. The van der Waals surface area contributed by atoms with Crippen LogP contribution in [0.2, 0.25) is 0 Å². The lowest BCUT2D eigenvalue weighted by atomic mass is 9.98. The Morgan fingerprint density at radius 3 is 2.13 bits per heavy atom. The van der Waals surface area contributed by atoms with E-state index in [9.17, 15) is 8.42 Å². The van der Waals surface area contributed by atoms with Gasteiger partial charge in [-0.3, -0.25) is 4.55 Å². The van der Waals surface area contributed by atoms with Gasteiger partial charge in [0.15, 0.2) is 0 Å². The lowest BCUT2D eigenvalue weighted by Crippen LogP contribution is -1.98. The lowest BCUT2D eigenvalue weighted by molar-refractivity contribution is 0.483. The first-order chi connectivity index (χ1) is 10.7. The van der Waals surface area contributed by atoms with Gasteiger partial charge in [-0.2, -0.15) is 18.6 Å². The Kier molecular flexibility index (Phi) is 4.82. The summed E-state index contributed by atoms with van der Waals surface area (Å²) in [4.78, 5) is -0.179. The Hall–Kier alpha value is -2.25. The van der Waals surface area contributed by atoms with Crippen LogP contribution in [0.25, 0.3) is 0 Å². The highest BCUT2D eigenvalue weighted by atomic mass is 32.2. The molecule has 2 aromatic carbocycles. The largest absolute Gasteiger partial charge is 0.398 e. The van der Waals surface area contributed by atoms with Crippen molar-refractivity contribution in [2.45, 2.75) is 31.6 Å². The number of benzene rings is 2. The fourth-order valence-electron chi connectivity index (χ4n) is 2.14. The predicted molar refractivity (Wildman–Crippen MR) is 90.1 cm³/mol. The molecule has 0 saturated heterocycles. The van der Waals surface area contributed by atoms with E-state index >= 15 is 0 Å². The van der Waals surface area contributed by atoms with E-state index in [1.54, 1.807) is 0 Å². The van der Waals surface area contributed by atoms with Crippen LogP contribution >= 0.6 is 0 Å². The van der Waals surface area contributed by atoms with E-state index in [1.807, 2.05) is 19.1 Å². The molecule has 6 nitrogen and oxygen atoms in total. The van der Waals surface area contributed by atoms with Crippen molar-refractivity contribution in [3.63, 3.8) is 0 Å². The second kappa shape index (κ2) is 6.47. The first-order valence-corrected chi connectivity index (χ1v) is 8.52. The number of nitrogens with two attached hydrogens (primary N) is 1. The molecule has 0 aliphatic carbocycles. The van der Waals surface area contributed by atoms with Crippen LogP contribution in [0, 0.1) is 6.92 Å². The number of aryl methyl sites for hydroxylation is 1. The molecule has 0 heterocycles. The van der Waals surface area contributed by atoms with Crippen molar-refractivity contribution in [1.82, 2.24) is 0 Å². The molecule has 23 heavy (non-hydrogen) atoms. The number of nitrogen functional groups attached to an aromatic ring is 1. The molecule has 0 amide bonds. The van der Waals surface area contributed by atoms with Gasteiger partial charge in [0.05, 0.1) is 16.3 Å². The molecular weight excluding hydrogens is 314 g/mol. The molecule has 2 rings (SSSR count). The van der Waals surface area contributed by atoms with Crippen LogP contribution < -0.4 is 5.73 Å². The van der Waals surface area contributed by atoms with Crippen LogP contribution in [0.4, 0.5) is 17.1 Å². The van der Waals surface area contributed by atoms with Crippen molar-refractivity contribution in [2.24, 2.45) is 10.2 Å². The smallest absolute Gasteiger partial charge is 0.294 e. The van der Waals surface area contributed by atoms with Gasteiger partial charge in [-0.25, -0.2) is 0 Å². The lowest BCUT2D eigenvalue weighted by Gasteiger charge is -2.12. The third-order valence-electron chi connectivity index (χ3n) is 3.44. The monoisotopic (exact) mass is 333 g/mol. The minimum Gasteiger partial charge on any atom is -0.398 e. The van der Waals surface area contributed by atoms with Crippen molar-refractivity contribution in [3.8, 4) is 0 Å². The van der Waals surface area contributed by atoms with Crippen molar-refractivity contribution in [2.75, 3.05) is 5.73 Å². The number of rotatable bonds is 4. The van der Waals surface area contributed by atoms with Crippen molar-refractivity contribution < 1.29 is 13.0 Å². The molecule has 0 atom stereocenters. The maximum absolute atomic E-state index is 11.0. The topological polar surface area (TPSA) is 105 Å². The number of azo groups is 1. The van der Waals surface area contributed by atoms with Gasteiger partial charge in [0.2, 0.25) is 0 Å². The molecule has 0 aliphatic heterocycles. The van der Waals surface area contributed by atoms with Crippen LogP contribution in [0.15, 0.2) is 51.5 Å².